The van der Waals surface area contributed by atoms with E-state index in [0.29, 0.717) is 0 Å². The van der Waals surface area contributed by atoms with Gasteiger partial charge in [0.25, 0.3) is 0 Å². The molecule has 12 heavy (non-hydrogen) atoms. The molecule has 0 aliphatic rings. The smallest absolute Gasteiger partial charge is 0 e. The first-order valence-corrected chi connectivity index (χ1v) is 0. The van der Waals surface area contributed by atoms with Gasteiger partial charge in [-0.05, 0) is 0 Å². The molecule has 0 atom stereocenters. The number of hydrogen-bond donors (Lipinski definition) is 0. The Hall–Kier alpha value is 3.95. The summed E-state index contributed by atoms with van der Waals surface area (Å²) in [5, 5.41) is 0. The third kappa shape index (κ3) is 150. The predicted octanol–water partition coefficient (Wildman–Crippen LogP) is 1.53. The zero-order valence-electron chi connectivity index (χ0n) is 2.72. The standard InChI is InChI=1S/6CH4.3Se.3Sn/h6*1H4;;;;;;. The Morgan fingerprint density at radius 3 is 0.250 bits per heavy atom. The van der Waals surface area contributed by atoms with Crippen molar-refractivity contribution in [1.82, 2.24) is 0 Å². The van der Waals surface area contributed by atoms with Crippen molar-refractivity contribution in [3.63, 3.8) is 0 Å². The van der Waals surface area contributed by atoms with Gasteiger partial charge < -0.3 is 0 Å². The van der Waals surface area contributed by atoms with Crippen LogP contribution in [-0.4, -0.2) is 123 Å². The van der Waals surface area contributed by atoms with Crippen molar-refractivity contribution in [3.05, 3.63) is 0 Å². The van der Waals surface area contributed by atoms with Gasteiger partial charge in [0.2, 0.25) is 0 Å². The van der Waals surface area contributed by atoms with Crippen LogP contribution in [0.15, 0.2) is 0 Å². The van der Waals surface area contributed by atoms with E-state index in [-0.39, 0.29) is 167 Å². The third-order valence-electron chi connectivity index (χ3n) is 0. The molecule has 0 aliphatic carbocycles. The molecule has 0 spiro atoms. The third-order valence-corrected chi connectivity index (χ3v) is 0. The van der Waals surface area contributed by atoms with Crippen molar-refractivity contribution in [1.29, 1.82) is 0 Å². The Bertz CT molecular complexity index is 18.0. The van der Waals surface area contributed by atoms with E-state index in [1.54, 1.807) is 0 Å². The van der Waals surface area contributed by atoms with E-state index >= 15 is 0 Å². The SMILES string of the molecule is C.C.C.C.C.C.[Se].[Se].[Se].[Sn].[Sn].[Sn]. The van der Waals surface area contributed by atoms with E-state index in [0.717, 1.165) is 0 Å². The minimum absolute atomic E-state index is 0. The zero-order chi connectivity index (χ0) is 0. The summed E-state index contributed by atoms with van der Waals surface area (Å²) in [6.07, 6.45) is 0. The minimum atomic E-state index is 0. The molecular formula is C6H24Se3Sn3. The molecule has 0 saturated carbocycles. The second kappa shape index (κ2) is 186. The molecule has 0 fully saturated rings. The van der Waals surface area contributed by atoms with Gasteiger partial charge in [0.05, 0.1) is 0 Å². The summed E-state index contributed by atoms with van der Waals surface area (Å²) >= 11 is 0. The summed E-state index contributed by atoms with van der Waals surface area (Å²) in [7, 11) is 0. The zero-order valence-corrected chi connectivity index (χ0v) is 16.4. The average Bonchev–Trinajstić information content (AvgIpc) is 0. The molecular weight excluding hydrogens is 665 g/mol. The van der Waals surface area contributed by atoms with Gasteiger partial charge in [0.1, 0.15) is 0 Å². The van der Waals surface area contributed by atoms with Crippen molar-refractivity contribution < 1.29 is 0 Å². The average molecular weight is 689 g/mol. The molecule has 0 aromatic heterocycles. The van der Waals surface area contributed by atoms with Gasteiger partial charge in [0, 0.05) is 123 Å². The van der Waals surface area contributed by atoms with Crippen molar-refractivity contribution >= 4 is 123 Å². The molecule has 0 unspecified atom stereocenters. The van der Waals surface area contributed by atoms with E-state index in [9.17, 15) is 0 Å². The van der Waals surface area contributed by atoms with Crippen LogP contribution >= 0.6 is 0 Å². The van der Waals surface area contributed by atoms with Gasteiger partial charge in [-0.1, -0.05) is 44.6 Å². The Morgan fingerprint density at radius 2 is 0.250 bits per heavy atom. The van der Waals surface area contributed by atoms with Crippen LogP contribution < -0.4 is 0 Å². The second-order valence-corrected chi connectivity index (χ2v) is 0. The van der Waals surface area contributed by atoms with Crippen molar-refractivity contribution in [2.45, 2.75) is 44.6 Å². The Kier molecular flexibility index (Phi) is 3540. The van der Waals surface area contributed by atoms with Crippen LogP contribution in [0.3, 0.4) is 0 Å². The van der Waals surface area contributed by atoms with Gasteiger partial charge in [-0.3, -0.25) is 0 Å². The fourth-order valence-corrected chi connectivity index (χ4v) is 0. The van der Waals surface area contributed by atoms with Crippen LogP contribution in [0, 0.1) is 0 Å². The normalized spacial score (nSPS) is 0. The van der Waals surface area contributed by atoms with Crippen LogP contribution in [0.1, 0.15) is 44.6 Å². The van der Waals surface area contributed by atoms with Gasteiger partial charge >= 0.3 is 0 Å². The molecule has 6 heteroatoms. The number of hydrogen-bond acceptors (Lipinski definition) is 0. The molecule has 0 aromatic carbocycles. The topological polar surface area (TPSA) is 0 Å². The van der Waals surface area contributed by atoms with E-state index in [1.165, 1.54) is 0 Å². The van der Waals surface area contributed by atoms with Crippen molar-refractivity contribution in [3.8, 4) is 0 Å². The van der Waals surface area contributed by atoms with Crippen LogP contribution in [0.25, 0.3) is 0 Å². The van der Waals surface area contributed by atoms with Crippen molar-refractivity contribution in [2.75, 3.05) is 0 Å². The Morgan fingerprint density at radius 1 is 0.250 bits per heavy atom. The molecule has 0 N–H and O–H groups in total. The van der Waals surface area contributed by atoms with E-state index in [2.05, 4.69) is 0 Å². The molecule has 0 aliphatic heterocycles. The van der Waals surface area contributed by atoms with E-state index in [4.69, 9.17) is 0 Å². The molecule has 18 radical (unpaired) electrons. The van der Waals surface area contributed by atoms with E-state index in [1.807, 2.05) is 0 Å². The largest absolute Gasteiger partial charge is 0.0776 e. The van der Waals surface area contributed by atoms with Crippen LogP contribution in [0.2, 0.25) is 0 Å². The molecule has 0 amide bonds. The summed E-state index contributed by atoms with van der Waals surface area (Å²) < 4.78 is 0. The van der Waals surface area contributed by atoms with Crippen LogP contribution in [0.5, 0.6) is 0 Å². The summed E-state index contributed by atoms with van der Waals surface area (Å²) in [6.45, 7) is 0. The molecule has 0 heterocycles. The maximum atomic E-state index is 0. The van der Waals surface area contributed by atoms with Crippen LogP contribution in [-0.2, 0) is 0 Å². The van der Waals surface area contributed by atoms with Crippen molar-refractivity contribution in [2.24, 2.45) is 0 Å². The number of rotatable bonds is 0. The Labute approximate surface area is 165 Å². The summed E-state index contributed by atoms with van der Waals surface area (Å²) in [5.41, 5.74) is 0. The molecule has 0 bridgehead atoms. The summed E-state index contributed by atoms with van der Waals surface area (Å²) in [4.78, 5) is 0. The monoisotopic (exact) mass is 696 g/mol. The molecule has 78 valence electrons. The quantitative estimate of drug-likeness (QED) is 0.339. The van der Waals surface area contributed by atoms with Gasteiger partial charge in [0.15, 0.2) is 0 Å². The summed E-state index contributed by atoms with van der Waals surface area (Å²) in [6, 6.07) is 0. The maximum Gasteiger partial charge on any atom is 0 e. The van der Waals surface area contributed by atoms with Crippen LogP contribution in [0.4, 0.5) is 0 Å². The molecule has 0 saturated heterocycles. The second-order valence-electron chi connectivity index (χ2n) is 0. The van der Waals surface area contributed by atoms with Gasteiger partial charge in [-0.15, -0.1) is 0 Å². The van der Waals surface area contributed by atoms with Gasteiger partial charge in [-0.2, -0.15) is 0 Å². The minimum Gasteiger partial charge on any atom is -0.0776 e. The molecule has 0 nitrogen and oxygen atoms in total. The first-order chi connectivity index (χ1) is 0. The fraction of sp³-hybridized carbons (Fsp3) is 1.00. The first kappa shape index (κ1) is 228. The molecule has 0 rings (SSSR count). The summed E-state index contributed by atoms with van der Waals surface area (Å²) in [5.74, 6) is 0. The predicted molar refractivity (Wildman–Crippen MR) is 74.9 cm³/mol. The fourth-order valence-electron chi connectivity index (χ4n) is 0. The molecule has 0 aromatic rings. The maximum absolute atomic E-state index is 0. The van der Waals surface area contributed by atoms with E-state index < -0.39 is 0 Å². The Balaban J connectivity index is 0. The van der Waals surface area contributed by atoms with Gasteiger partial charge in [-0.25, -0.2) is 0 Å². The first-order valence-electron chi connectivity index (χ1n) is 0.